The van der Waals surface area contributed by atoms with Crippen molar-refractivity contribution in [3.05, 3.63) is 35.1 Å². The van der Waals surface area contributed by atoms with Crippen molar-refractivity contribution in [2.45, 2.75) is 44.7 Å². The zero-order valence-electron chi connectivity index (χ0n) is 11.9. The number of halogens is 1. The molecule has 0 saturated carbocycles. The number of amides is 1. The van der Waals surface area contributed by atoms with Crippen LogP contribution in [0.4, 0.5) is 4.39 Å². The molecule has 2 aliphatic heterocycles. The third-order valence-corrected chi connectivity index (χ3v) is 4.58. The van der Waals surface area contributed by atoms with Gasteiger partial charge >= 0.3 is 0 Å². The molecule has 20 heavy (non-hydrogen) atoms. The summed E-state index contributed by atoms with van der Waals surface area (Å²) >= 11 is 0. The maximum atomic E-state index is 13.2. The minimum absolute atomic E-state index is 0.0791. The number of benzene rings is 1. The molecule has 2 saturated heterocycles. The summed E-state index contributed by atoms with van der Waals surface area (Å²) in [7, 11) is 0. The van der Waals surface area contributed by atoms with Gasteiger partial charge in [0, 0.05) is 24.2 Å². The lowest BCUT2D eigenvalue weighted by Gasteiger charge is -2.35. The Morgan fingerprint density at radius 2 is 2.20 bits per heavy atom. The third kappa shape index (κ3) is 2.70. The van der Waals surface area contributed by atoms with Gasteiger partial charge < -0.3 is 10.2 Å². The molecule has 2 heterocycles. The lowest BCUT2D eigenvalue weighted by molar-refractivity contribution is 0.0896. The zero-order valence-corrected chi connectivity index (χ0v) is 11.9. The molecule has 1 amide bonds. The van der Waals surface area contributed by atoms with Gasteiger partial charge in [-0.2, -0.15) is 0 Å². The number of piperidine rings is 1. The van der Waals surface area contributed by atoms with Crippen LogP contribution in [0.1, 0.15) is 41.6 Å². The van der Waals surface area contributed by atoms with Crippen LogP contribution >= 0.6 is 0 Å². The zero-order chi connectivity index (χ0) is 14.1. The fourth-order valence-electron chi connectivity index (χ4n) is 3.41. The van der Waals surface area contributed by atoms with Crippen LogP contribution in [0.2, 0.25) is 0 Å². The van der Waals surface area contributed by atoms with E-state index in [0.717, 1.165) is 19.4 Å². The highest BCUT2D eigenvalue weighted by atomic mass is 19.1. The van der Waals surface area contributed by atoms with Crippen LogP contribution in [0.3, 0.4) is 0 Å². The first-order valence-electron chi connectivity index (χ1n) is 7.44. The van der Waals surface area contributed by atoms with E-state index in [1.165, 1.54) is 25.5 Å². The van der Waals surface area contributed by atoms with Gasteiger partial charge in [-0.05, 0) is 62.9 Å². The van der Waals surface area contributed by atoms with Crippen LogP contribution in [0, 0.1) is 12.7 Å². The van der Waals surface area contributed by atoms with Gasteiger partial charge in [0.25, 0.3) is 5.91 Å². The van der Waals surface area contributed by atoms with Gasteiger partial charge in [0.1, 0.15) is 5.82 Å². The fraction of sp³-hybridized carbons (Fsp3) is 0.562. The lowest BCUT2D eigenvalue weighted by Crippen LogP contribution is -2.47. The summed E-state index contributed by atoms with van der Waals surface area (Å²) in [6, 6.07) is 5.44. The Morgan fingerprint density at radius 3 is 3.00 bits per heavy atom. The highest BCUT2D eigenvalue weighted by Crippen LogP contribution is 2.27. The van der Waals surface area contributed by atoms with E-state index in [1.54, 1.807) is 19.1 Å². The molecule has 0 spiro atoms. The van der Waals surface area contributed by atoms with Crippen molar-refractivity contribution in [2.24, 2.45) is 0 Å². The van der Waals surface area contributed by atoms with E-state index < -0.39 is 0 Å². The normalized spacial score (nSPS) is 26.3. The number of carbonyl (C=O) groups excluding carboxylic acids is 1. The first kappa shape index (κ1) is 13.6. The van der Waals surface area contributed by atoms with Crippen molar-refractivity contribution < 1.29 is 9.18 Å². The van der Waals surface area contributed by atoms with Crippen LogP contribution < -0.4 is 5.32 Å². The Bertz CT molecular complexity index is 517. The van der Waals surface area contributed by atoms with Gasteiger partial charge in [0.15, 0.2) is 0 Å². The van der Waals surface area contributed by atoms with Crippen LogP contribution in [0.25, 0.3) is 0 Å². The summed E-state index contributed by atoms with van der Waals surface area (Å²) in [4.78, 5) is 14.8. The van der Waals surface area contributed by atoms with Crippen LogP contribution in [0.15, 0.2) is 18.2 Å². The summed E-state index contributed by atoms with van der Waals surface area (Å²) < 4.78 is 13.2. The highest BCUT2D eigenvalue weighted by Gasteiger charge is 2.32. The van der Waals surface area contributed by atoms with Gasteiger partial charge in [-0.3, -0.25) is 4.79 Å². The largest absolute Gasteiger partial charge is 0.349 e. The van der Waals surface area contributed by atoms with E-state index in [1.807, 2.05) is 0 Å². The van der Waals surface area contributed by atoms with E-state index in [0.29, 0.717) is 17.2 Å². The number of carbonyl (C=O) groups is 1. The molecule has 2 aliphatic rings. The number of fused-ring (bicyclic) bond motifs is 1. The second kappa shape index (κ2) is 5.52. The average molecular weight is 276 g/mol. The minimum atomic E-state index is -0.263. The van der Waals surface area contributed by atoms with Crippen molar-refractivity contribution in [1.29, 1.82) is 0 Å². The smallest absolute Gasteiger partial charge is 0.251 e. The number of rotatable bonds is 2. The lowest BCUT2D eigenvalue weighted by atomic mass is 9.97. The number of hydrogen-bond donors (Lipinski definition) is 1. The molecule has 3 rings (SSSR count). The summed E-state index contributed by atoms with van der Waals surface area (Å²) in [5, 5.41) is 3.11. The molecule has 108 valence electrons. The molecule has 0 aromatic heterocycles. The topological polar surface area (TPSA) is 32.3 Å². The van der Waals surface area contributed by atoms with Crippen molar-refractivity contribution >= 4 is 5.91 Å². The summed E-state index contributed by atoms with van der Waals surface area (Å²) in [5.41, 5.74) is 1.07. The molecule has 3 nitrogen and oxygen atoms in total. The number of hydrogen-bond acceptors (Lipinski definition) is 2. The second-order valence-corrected chi connectivity index (χ2v) is 5.99. The molecule has 0 bridgehead atoms. The standard InChI is InChI=1S/C16H21FN2O/c1-11-9-12(4-5-15(11)17)16(20)18-13-6-8-19-7-2-3-14(19)10-13/h4-5,9,13-14H,2-3,6-8,10H2,1H3,(H,18,20). The molecule has 0 aliphatic carbocycles. The van der Waals surface area contributed by atoms with E-state index in [9.17, 15) is 9.18 Å². The van der Waals surface area contributed by atoms with Crippen molar-refractivity contribution in [3.63, 3.8) is 0 Å². The minimum Gasteiger partial charge on any atom is -0.349 e. The number of aryl methyl sites for hydroxylation is 1. The van der Waals surface area contributed by atoms with E-state index >= 15 is 0 Å². The van der Waals surface area contributed by atoms with E-state index in [-0.39, 0.29) is 17.8 Å². The van der Waals surface area contributed by atoms with Crippen molar-refractivity contribution in [2.75, 3.05) is 13.1 Å². The number of nitrogens with one attached hydrogen (secondary N) is 1. The first-order valence-corrected chi connectivity index (χ1v) is 7.44. The maximum Gasteiger partial charge on any atom is 0.251 e. The number of nitrogens with zero attached hydrogens (tertiary/aromatic N) is 1. The van der Waals surface area contributed by atoms with Gasteiger partial charge in [-0.25, -0.2) is 4.39 Å². The van der Waals surface area contributed by atoms with Gasteiger partial charge in [0.05, 0.1) is 0 Å². The molecule has 2 unspecified atom stereocenters. The Hall–Kier alpha value is -1.42. The maximum absolute atomic E-state index is 13.2. The van der Waals surface area contributed by atoms with Crippen LogP contribution in [-0.4, -0.2) is 36.0 Å². The predicted molar refractivity (Wildman–Crippen MR) is 76.2 cm³/mol. The molecule has 2 atom stereocenters. The molecule has 1 aromatic carbocycles. The fourth-order valence-corrected chi connectivity index (χ4v) is 3.41. The predicted octanol–water partition coefficient (Wildman–Crippen LogP) is 2.49. The van der Waals surface area contributed by atoms with Crippen molar-refractivity contribution in [1.82, 2.24) is 10.2 Å². The summed E-state index contributed by atoms with van der Waals surface area (Å²) in [6.45, 7) is 3.98. The van der Waals surface area contributed by atoms with Gasteiger partial charge in [-0.1, -0.05) is 0 Å². The molecule has 4 heteroatoms. The van der Waals surface area contributed by atoms with Gasteiger partial charge in [0.2, 0.25) is 0 Å². The Labute approximate surface area is 119 Å². The molecular weight excluding hydrogens is 255 g/mol. The van der Waals surface area contributed by atoms with Crippen LogP contribution in [-0.2, 0) is 0 Å². The quantitative estimate of drug-likeness (QED) is 0.900. The molecule has 1 N–H and O–H groups in total. The van der Waals surface area contributed by atoms with Gasteiger partial charge in [-0.15, -0.1) is 0 Å². The SMILES string of the molecule is Cc1cc(C(=O)NC2CCN3CCCC3C2)ccc1F. The monoisotopic (exact) mass is 276 g/mol. The third-order valence-electron chi connectivity index (χ3n) is 4.58. The molecule has 2 fully saturated rings. The highest BCUT2D eigenvalue weighted by molar-refractivity contribution is 5.94. The Balaban J connectivity index is 1.62. The molecule has 0 radical (unpaired) electrons. The Morgan fingerprint density at radius 1 is 1.35 bits per heavy atom. The summed E-state index contributed by atoms with van der Waals surface area (Å²) in [6.07, 6.45) is 4.60. The van der Waals surface area contributed by atoms with E-state index in [4.69, 9.17) is 0 Å². The molecule has 1 aromatic rings. The summed E-state index contributed by atoms with van der Waals surface area (Å²) in [5.74, 6) is -0.342. The Kier molecular flexibility index (Phi) is 3.74. The molecular formula is C16H21FN2O. The van der Waals surface area contributed by atoms with Crippen molar-refractivity contribution in [3.8, 4) is 0 Å². The van der Waals surface area contributed by atoms with E-state index in [2.05, 4.69) is 10.2 Å². The second-order valence-electron chi connectivity index (χ2n) is 5.99. The average Bonchev–Trinajstić information content (AvgIpc) is 2.89. The van der Waals surface area contributed by atoms with Crippen LogP contribution in [0.5, 0.6) is 0 Å². The first-order chi connectivity index (χ1) is 9.63.